The van der Waals surface area contributed by atoms with E-state index in [0.717, 1.165) is 12.1 Å². The molecule has 0 aliphatic rings. The molecular formula is C13H19NS. The van der Waals surface area contributed by atoms with Gasteiger partial charge in [0.25, 0.3) is 0 Å². The maximum atomic E-state index is 4.25. The highest BCUT2D eigenvalue weighted by Gasteiger charge is 1.97. The first kappa shape index (κ1) is 12.2. The van der Waals surface area contributed by atoms with E-state index in [1.807, 2.05) is 6.92 Å². The highest BCUT2D eigenvalue weighted by atomic mass is 32.1. The number of aromatic nitrogens is 1. The molecule has 1 aromatic heterocycles. The SMILES string of the molecule is C/C=C(\C=C/c1cc(C)ns1)CC(C)C. The third-order valence-electron chi connectivity index (χ3n) is 2.12. The van der Waals surface area contributed by atoms with Crippen molar-refractivity contribution in [2.45, 2.75) is 34.1 Å². The fourth-order valence-electron chi connectivity index (χ4n) is 1.40. The van der Waals surface area contributed by atoms with Gasteiger partial charge in [-0.15, -0.1) is 0 Å². The molecule has 1 aromatic rings. The predicted octanol–water partition coefficient (Wildman–Crippen LogP) is 4.46. The molecule has 0 saturated carbocycles. The number of rotatable bonds is 4. The average molecular weight is 221 g/mol. The van der Waals surface area contributed by atoms with Crippen LogP contribution in [-0.4, -0.2) is 4.37 Å². The summed E-state index contributed by atoms with van der Waals surface area (Å²) in [4.78, 5) is 1.23. The molecule has 0 atom stereocenters. The zero-order chi connectivity index (χ0) is 11.3. The van der Waals surface area contributed by atoms with E-state index in [1.165, 1.54) is 10.5 Å². The molecule has 0 radical (unpaired) electrons. The van der Waals surface area contributed by atoms with Gasteiger partial charge in [0.15, 0.2) is 0 Å². The predicted molar refractivity (Wildman–Crippen MR) is 69.1 cm³/mol. The van der Waals surface area contributed by atoms with Crippen molar-refractivity contribution in [2.75, 3.05) is 0 Å². The number of allylic oxidation sites excluding steroid dienone is 3. The largest absolute Gasteiger partial charge is 0.197 e. The summed E-state index contributed by atoms with van der Waals surface area (Å²) >= 11 is 1.56. The van der Waals surface area contributed by atoms with Crippen molar-refractivity contribution in [3.05, 3.63) is 34.4 Å². The third-order valence-corrected chi connectivity index (χ3v) is 2.97. The summed E-state index contributed by atoms with van der Waals surface area (Å²) in [7, 11) is 0. The minimum absolute atomic E-state index is 0.712. The normalized spacial score (nSPS) is 13.0. The maximum Gasteiger partial charge on any atom is 0.0517 e. The second-order valence-electron chi connectivity index (χ2n) is 4.17. The summed E-state index contributed by atoms with van der Waals surface area (Å²) in [5, 5.41) is 0. The van der Waals surface area contributed by atoms with E-state index in [0.29, 0.717) is 5.92 Å². The molecule has 2 heteroatoms. The molecule has 0 bridgehead atoms. The number of hydrogen-bond acceptors (Lipinski definition) is 2. The van der Waals surface area contributed by atoms with Gasteiger partial charge in [0.05, 0.1) is 5.69 Å². The molecule has 0 aliphatic heterocycles. The lowest BCUT2D eigenvalue weighted by Crippen LogP contribution is -1.88. The van der Waals surface area contributed by atoms with Crippen molar-refractivity contribution in [3.8, 4) is 0 Å². The van der Waals surface area contributed by atoms with Crippen molar-refractivity contribution in [1.29, 1.82) is 0 Å². The molecule has 0 aliphatic carbocycles. The van der Waals surface area contributed by atoms with Crippen LogP contribution in [-0.2, 0) is 0 Å². The van der Waals surface area contributed by atoms with Crippen molar-refractivity contribution in [3.63, 3.8) is 0 Å². The zero-order valence-corrected chi connectivity index (χ0v) is 10.8. The molecule has 0 amide bonds. The molecule has 1 heterocycles. The Morgan fingerprint density at radius 2 is 2.27 bits per heavy atom. The van der Waals surface area contributed by atoms with Crippen LogP contribution in [0.3, 0.4) is 0 Å². The first-order valence-corrected chi connectivity index (χ1v) is 6.15. The summed E-state index contributed by atoms with van der Waals surface area (Å²) in [6, 6.07) is 2.11. The molecule has 0 spiro atoms. The topological polar surface area (TPSA) is 12.9 Å². The van der Waals surface area contributed by atoms with Crippen LogP contribution in [0.15, 0.2) is 23.8 Å². The van der Waals surface area contributed by atoms with Gasteiger partial charge in [-0.3, -0.25) is 0 Å². The van der Waals surface area contributed by atoms with Crippen molar-refractivity contribution in [1.82, 2.24) is 4.37 Å². The number of hydrogen-bond donors (Lipinski definition) is 0. The van der Waals surface area contributed by atoms with E-state index < -0.39 is 0 Å². The molecule has 15 heavy (non-hydrogen) atoms. The second-order valence-corrected chi connectivity index (χ2v) is 5.00. The lowest BCUT2D eigenvalue weighted by Gasteiger charge is -2.04. The third kappa shape index (κ3) is 4.43. The summed E-state index contributed by atoms with van der Waals surface area (Å²) in [6.45, 7) is 8.61. The fourth-order valence-corrected chi connectivity index (χ4v) is 2.06. The van der Waals surface area contributed by atoms with Crippen LogP contribution in [0, 0.1) is 12.8 Å². The Labute approximate surface area is 96.7 Å². The molecule has 1 nitrogen and oxygen atoms in total. The first-order valence-electron chi connectivity index (χ1n) is 5.38. The minimum Gasteiger partial charge on any atom is -0.197 e. The monoisotopic (exact) mass is 221 g/mol. The van der Waals surface area contributed by atoms with Crippen molar-refractivity contribution >= 4 is 17.6 Å². The molecule has 0 N–H and O–H groups in total. The molecule has 82 valence electrons. The molecule has 1 rings (SSSR count). The van der Waals surface area contributed by atoms with Crippen LogP contribution in [0.4, 0.5) is 0 Å². The van der Waals surface area contributed by atoms with Gasteiger partial charge in [0.1, 0.15) is 0 Å². The molecular weight excluding hydrogens is 202 g/mol. The molecule has 0 saturated heterocycles. The van der Waals surface area contributed by atoms with E-state index in [-0.39, 0.29) is 0 Å². The Morgan fingerprint density at radius 1 is 1.53 bits per heavy atom. The van der Waals surface area contributed by atoms with Crippen LogP contribution >= 0.6 is 11.5 Å². The van der Waals surface area contributed by atoms with Crippen LogP contribution in [0.5, 0.6) is 0 Å². The highest BCUT2D eigenvalue weighted by Crippen LogP contribution is 2.16. The van der Waals surface area contributed by atoms with E-state index >= 15 is 0 Å². The van der Waals surface area contributed by atoms with Crippen molar-refractivity contribution < 1.29 is 0 Å². The van der Waals surface area contributed by atoms with Crippen LogP contribution in [0.25, 0.3) is 6.08 Å². The first-order chi connectivity index (χ1) is 7.11. The van der Waals surface area contributed by atoms with Gasteiger partial charge in [-0.25, -0.2) is 0 Å². The molecule has 0 aromatic carbocycles. The van der Waals surface area contributed by atoms with Crippen LogP contribution in [0.2, 0.25) is 0 Å². The lowest BCUT2D eigenvalue weighted by atomic mass is 10.0. The van der Waals surface area contributed by atoms with E-state index in [2.05, 4.69) is 49.4 Å². The highest BCUT2D eigenvalue weighted by molar-refractivity contribution is 7.06. The maximum absolute atomic E-state index is 4.25. The van der Waals surface area contributed by atoms with E-state index in [4.69, 9.17) is 0 Å². The van der Waals surface area contributed by atoms with Gasteiger partial charge < -0.3 is 0 Å². The van der Waals surface area contributed by atoms with Gasteiger partial charge in [-0.1, -0.05) is 31.6 Å². The standard InChI is InChI=1S/C13H19NS/c1-5-12(8-10(2)3)6-7-13-9-11(4)14-15-13/h5-7,9-10H,8H2,1-4H3/b7-6-,12-5+. The average Bonchev–Trinajstić information content (AvgIpc) is 2.58. The van der Waals surface area contributed by atoms with Crippen LogP contribution in [0.1, 0.15) is 37.8 Å². The van der Waals surface area contributed by atoms with Gasteiger partial charge in [-0.05, 0) is 49.9 Å². The second kappa shape index (κ2) is 5.86. The molecule has 0 unspecified atom stereocenters. The van der Waals surface area contributed by atoms with Gasteiger partial charge in [-0.2, -0.15) is 4.37 Å². The number of aryl methyl sites for hydroxylation is 1. The van der Waals surface area contributed by atoms with E-state index in [1.54, 1.807) is 11.5 Å². The Kier molecular flexibility index (Phi) is 4.76. The number of nitrogens with zero attached hydrogens (tertiary/aromatic N) is 1. The Balaban J connectivity index is 2.63. The van der Waals surface area contributed by atoms with Gasteiger partial charge in [0, 0.05) is 4.88 Å². The zero-order valence-electron chi connectivity index (χ0n) is 9.95. The Morgan fingerprint density at radius 3 is 2.73 bits per heavy atom. The van der Waals surface area contributed by atoms with Crippen molar-refractivity contribution in [2.24, 2.45) is 5.92 Å². The quantitative estimate of drug-likeness (QED) is 0.684. The fraction of sp³-hybridized carbons (Fsp3) is 0.462. The Bertz CT molecular complexity index is 358. The summed E-state index contributed by atoms with van der Waals surface area (Å²) < 4.78 is 4.25. The van der Waals surface area contributed by atoms with Gasteiger partial charge in [0.2, 0.25) is 0 Å². The van der Waals surface area contributed by atoms with Crippen LogP contribution < -0.4 is 0 Å². The Hall–Kier alpha value is -0.890. The summed E-state index contributed by atoms with van der Waals surface area (Å²) in [5.41, 5.74) is 2.50. The smallest absolute Gasteiger partial charge is 0.0517 e. The minimum atomic E-state index is 0.712. The summed E-state index contributed by atoms with van der Waals surface area (Å²) in [6.07, 6.45) is 7.69. The van der Waals surface area contributed by atoms with E-state index in [9.17, 15) is 0 Å². The van der Waals surface area contributed by atoms with Gasteiger partial charge >= 0.3 is 0 Å². The lowest BCUT2D eigenvalue weighted by molar-refractivity contribution is 0.649. The molecule has 0 fully saturated rings. The summed E-state index contributed by atoms with van der Waals surface area (Å²) in [5.74, 6) is 0.712.